The van der Waals surface area contributed by atoms with Crippen molar-refractivity contribution in [2.45, 2.75) is 26.3 Å². The lowest BCUT2D eigenvalue weighted by molar-refractivity contribution is 0.0994. The van der Waals surface area contributed by atoms with Crippen molar-refractivity contribution in [3.8, 4) is 11.5 Å². The van der Waals surface area contributed by atoms with Gasteiger partial charge in [-0.15, -0.1) is 0 Å². The molecule has 0 aliphatic heterocycles. The number of nitrogens with two attached hydrogens (primary N) is 1. The van der Waals surface area contributed by atoms with Crippen LogP contribution in [0.2, 0.25) is 0 Å². The minimum absolute atomic E-state index is 0.153. The molecule has 0 fully saturated rings. The van der Waals surface area contributed by atoms with E-state index in [9.17, 15) is 14.8 Å². The fourth-order valence-corrected chi connectivity index (χ4v) is 3.41. The van der Waals surface area contributed by atoms with E-state index < -0.39 is 13.0 Å². The largest absolute Gasteiger partial charge is 0.488 e. The van der Waals surface area contributed by atoms with Gasteiger partial charge < -0.3 is 21.1 Å². The summed E-state index contributed by atoms with van der Waals surface area (Å²) in [6.45, 7) is 4.52. The maximum absolute atomic E-state index is 11.7. The highest BCUT2D eigenvalue weighted by Gasteiger charge is 2.17. The van der Waals surface area contributed by atoms with Gasteiger partial charge in [0.2, 0.25) is 0 Å². The number of benzene rings is 1. The number of amides is 1. The summed E-state index contributed by atoms with van der Waals surface area (Å²) in [5.41, 5.74) is 9.16. The molecule has 1 amide bonds. The van der Waals surface area contributed by atoms with E-state index in [1.807, 2.05) is 32.0 Å². The zero-order valence-electron chi connectivity index (χ0n) is 17.7. The molecule has 0 bridgehead atoms. The molecule has 0 unspecified atom stereocenters. The third-order valence-electron chi connectivity index (χ3n) is 5.10. The minimum Gasteiger partial charge on any atom is -0.423 e. The van der Waals surface area contributed by atoms with Crippen LogP contribution in [0.15, 0.2) is 54.9 Å². The number of rotatable bonds is 7. The first-order valence-corrected chi connectivity index (χ1v) is 10.2. The van der Waals surface area contributed by atoms with Crippen LogP contribution in [0.3, 0.4) is 0 Å². The molecular formula is C22H23BN6O3. The van der Waals surface area contributed by atoms with E-state index in [0.29, 0.717) is 40.6 Å². The summed E-state index contributed by atoms with van der Waals surface area (Å²) in [7, 11) is -1.52. The van der Waals surface area contributed by atoms with Gasteiger partial charge in [-0.05, 0) is 29.1 Å². The summed E-state index contributed by atoms with van der Waals surface area (Å²) in [5, 5.41) is 22.1. The Hall–Kier alpha value is -3.76. The molecule has 3 aromatic heterocycles. The summed E-state index contributed by atoms with van der Waals surface area (Å²) in [6, 6.07) is 14.1. The Morgan fingerprint density at radius 3 is 2.66 bits per heavy atom. The number of carbonyl (C=O) groups is 1. The first-order valence-electron chi connectivity index (χ1n) is 10.2. The normalized spacial score (nSPS) is 11.2. The van der Waals surface area contributed by atoms with E-state index in [2.05, 4.69) is 20.3 Å². The molecule has 0 spiro atoms. The lowest BCUT2D eigenvalue weighted by Gasteiger charge is -2.12. The second-order valence-corrected chi connectivity index (χ2v) is 7.75. The van der Waals surface area contributed by atoms with Crippen LogP contribution >= 0.6 is 0 Å². The van der Waals surface area contributed by atoms with Crippen LogP contribution in [-0.4, -0.2) is 42.4 Å². The van der Waals surface area contributed by atoms with E-state index in [1.165, 1.54) is 6.33 Å². The Labute approximate surface area is 185 Å². The van der Waals surface area contributed by atoms with Crippen LogP contribution in [0.4, 0.5) is 5.82 Å². The number of pyridine rings is 1. The van der Waals surface area contributed by atoms with Crippen molar-refractivity contribution in [2.24, 2.45) is 5.73 Å². The van der Waals surface area contributed by atoms with E-state index in [-0.39, 0.29) is 5.92 Å². The van der Waals surface area contributed by atoms with E-state index in [0.717, 1.165) is 11.3 Å². The molecule has 4 rings (SSSR count). The number of primary amides is 1. The van der Waals surface area contributed by atoms with E-state index in [1.54, 1.807) is 34.7 Å². The molecule has 0 saturated heterocycles. The van der Waals surface area contributed by atoms with Gasteiger partial charge in [-0.3, -0.25) is 9.20 Å². The van der Waals surface area contributed by atoms with Crippen molar-refractivity contribution in [1.82, 2.24) is 19.4 Å². The Morgan fingerprint density at radius 2 is 1.94 bits per heavy atom. The molecule has 0 aliphatic rings. The quantitative estimate of drug-likeness (QED) is 0.324. The number of nitrogens with zero attached hydrogens (tertiary/aromatic N) is 4. The zero-order chi connectivity index (χ0) is 22.8. The van der Waals surface area contributed by atoms with Gasteiger partial charge >= 0.3 is 7.12 Å². The minimum atomic E-state index is -1.52. The average molecular weight is 430 g/mol. The lowest BCUT2D eigenvalue weighted by atomic mass is 9.80. The lowest BCUT2D eigenvalue weighted by Crippen LogP contribution is -2.30. The summed E-state index contributed by atoms with van der Waals surface area (Å²) < 4.78 is 1.63. The standard InChI is InChI=1S/C22H23BN6O3/c1-13(2)16-10-19(25-11-14-5-3-6-15(9-14)23(31)32)28-22(27-16)20-17-7-4-8-18(21(24)30)29(17)12-26-20/h3-10,12-13,31-32H,11H2,1-2H3,(H2,24,30)(H,25,27,28). The summed E-state index contributed by atoms with van der Waals surface area (Å²) in [5.74, 6) is 0.650. The highest BCUT2D eigenvalue weighted by atomic mass is 16.4. The topological polar surface area (TPSA) is 139 Å². The Bertz CT molecular complexity index is 1290. The van der Waals surface area contributed by atoms with Crippen LogP contribution in [0, 0.1) is 0 Å². The second-order valence-electron chi connectivity index (χ2n) is 7.75. The van der Waals surface area contributed by atoms with Gasteiger partial charge in [-0.25, -0.2) is 15.0 Å². The molecule has 1 aromatic carbocycles. The van der Waals surface area contributed by atoms with Gasteiger partial charge in [0.25, 0.3) is 5.91 Å². The number of aromatic nitrogens is 4. The highest BCUT2D eigenvalue weighted by molar-refractivity contribution is 6.58. The third-order valence-corrected chi connectivity index (χ3v) is 5.10. The number of imidazole rings is 1. The third kappa shape index (κ3) is 4.32. The first kappa shape index (κ1) is 21.5. The number of carbonyl (C=O) groups excluding carboxylic acids is 1. The van der Waals surface area contributed by atoms with Crippen molar-refractivity contribution in [2.75, 3.05) is 5.32 Å². The smallest absolute Gasteiger partial charge is 0.423 e. The first-order chi connectivity index (χ1) is 15.3. The van der Waals surface area contributed by atoms with Crippen LogP contribution in [0.25, 0.3) is 17.0 Å². The molecule has 10 heteroatoms. The van der Waals surface area contributed by atoms with Gasteiger partial charge in [0, 0.05) is 18.3 Å². The van der Waals surface area contributed by atoms with Crippen molar-refractivity contribution in [1.29, 1.82) is 0 Å². The zero-order valence-corrected chi connectivity index (χ0v) is 17.7. The molecule has 4 aromatic rings. The SMILES string of the molecule is CC(C)c1cc(NCc2cccc(B(O)O)c2)nc(-c2ncn3c(C(N)=O)cccc23)n1. The number of anilines is 1. The predicted molar refractivity (Wildman–Crippen MR) is 122 cm³/mol. The summed E-state index contributed by atoms with van der Waals surface area (Å²) >= 11 is 0. The molecule has 32 heavy (non-hydrogen) atoms. The molecule has 0 aliphatic carbocycles. The van der Waals surface area contributed by atoms with Gasteiger partial charge in [0.05, 0.1) is 5.52 Å². The van der Waals surface area contributed by atoms with Gasteiger partial charge in [0.15, 0.2) is 5.82 Å². The molecule has 9 nitrogen and oxygen atoms in total. The maximum Gasteiger partial charge on any atom is 0.488 e. The van der Waals surface area contributed by atoms with E-state index >= 15 is 0 Å². The fourth-order valence-electron chi connectivity index (χ4n) is 3.41. The molecule has 5 N–H and O–H groups in total. The molecule has 0 atom stereocenters. The van der Waals surface area contributed by atoms with Crippen molar-refractivity contribution >= 4 is 29.8 Å². The Balaban J connectivity index is 1.70. The Kier molecular flexibility index (Phi) is 5.89. The van der Waals surface area contributed by atoms with Gasteiger partial charge in [0.1, 0.15) is 23.5 Å². The number of hydrogen-bond acceptors (Lipinski definition) is 7. The number of fused-ring (bicyclic) bond motifs is 1. The van der Waals surface area contributed by atoms with Gasteiger partial charge in [-0.1, -0.05) is 44.2 Å². The predicted octanol–water partition coefficient (Wildman–Crippen LogP) is 1.31. The highest BCUT2D eigenvalue weighted by Crippen LogP contribution is 2.25. The monoisotopic (exact) mass is 430 g/mol. The number of hydrogen-bond donors (Lipinski definition) is 4. The molecule has 0 saturated carbocycles. The summed E-state index contributed by atoms with van der Waals surface area (Å²) in [4.78, 5) is 25.5. The van der Waals surface area contributed by atoms with Crippen molar-refractivity contribution in [3.05, 3.63) is 71.8 Å². The summed E-state index contributed by atoms with van der Waals surface area (Å²) in [6.07, 6.45) is 1.54. The average Bonchev–Trinajstić information content (AvgIpc) is 3.21. The second kappa shape index (κ2) is 8.78. The number of nitrogens with one attached hydrogen (secondary N) is 1. The molecule has 3 heterocycles. The van der Waals surface area contributed by atoms with Crippen molar-refractivity contribution < 1.29 is 14.8 Å². The Morgan fingerprint density at radius 1 is 1.16 bits per heavy atom. The molecular weight excluding hydrogens is 407 g/mol. The van der Waals surface area contributed by atoms with Crippen LogP contribution < -0.4 is 16.5 Å². The van der Waals surface area contributed by atoms with Crippen LogP contribution in [0.5, 0.6) is 0 Å². The van der Waals surface area contributed by atoms with E-state index in [4.69, 9.17) is 5.73 Å². The van der Waals surface area contributed by atoms with Crippen LogP contribution in [-0.2, 0) is 6.54 Å². The van der Waals surface area contributed by atoms with Crippen molar-refractivity contribution in [3.63, 3.8) is 0 Å². The van der Waals surface area contributed by atoms with Gasteiger partial charge in [-0.2, -0.15) is 0 Å². The maximum atomic E-state index is 11.7. The van der Waals surface area contributed by atoms with Crippen LogP contribution in [0.1, 0.15) is 41.5 Å². The molecule has 0 radical (unpaired) electrons. The fraction of sp³-hybridized carbons (Fsp3) is 0.182. The molecule has 162 valence electrons.